The molecule has 0 fully saturated rings. The topological polar surface area (TPSA) is 74.0 Å². The monoisotopic (exact) mass is 443 g/mol. The zero-order chi connectivity index (χ0) is 22.9. The molecule has 0 radical (unpaired) electrons. The second-order valence-corrected chi connectivity index (χ2v) is 7.18. The SMILES string of the molecule is COc1ccc(C(NC(=O)Cn2c(C(F)(F)F)nc3ccccc32)c2nccn2C)cc1. The van der Waals surface area contributed by atoms with Gasteiger partial charge in [0.25, 0.3) is 0 Å². The van der Waals surface area contributed by atoms with Crippen molar-refractivity contribution in [3.8, 4) is 5.75 Å². The number of rotatable bonds is 6. The number of benzene rings is 2. The molecule has 0 aliphatic carbocycles. The Hall–Kier alpha value is -3.82. The number of carbonyl (C=O) groups is 1. The highest BCUT2D eigenvalue weighted by Gasteiger charge is 2.38. The average molecular weight is 443 g/mol. The fraction of sp³-hybridized carbons (Fsp3) is 0.227. The first kappa shape index (κ1) is 21.4. The van der Waals surface area contributed by atoms with Crippen LogP contribution in [0.5, 0.6) is 5.75 Å². The fourth-order valence-corrected chi connectivity index (χ4v) is 3.55. The van der Waals surface area contributed by atoms with Gasteiger partial charge in [0, 0.05) is 19.4 Å². The van der Waals surface area contributed by atoms with E-state index in [9.17, 15) is 18.0 Å². The highest BCUT2D eigenvalue weighted by Crippen LogP contribution is 2.31. The van der Waals surface area contributed by atoms with Crippen LogP contribution in [0.3, 0.4) is 0 Å². The minimum absolute atomic E-state index is 0.170. The number of para-hydroxylation sites is 2. The zero-order valence-electron chi connectivity index (χ0n) is 17.3. The Morgan fingerprint density at radius 2 is 1.88 bits per heavy atom. The Morgan fingerprint density at radius 1 is 1.16 bits per heavy atom. The zero-order valence-corrected chi connectivity index (χ0v) is 17.3. The molecule has 1 N–H and O–H groups in total. The third-order valence-corrected chi connectivity index (χ3v) is 5.08. The summed E-state index contributed by atoms with van der Waals surface area (Å²) in [5.74, 6) is -0.553. The maximum atomic E-state index is 13.6. The molecule has 10 heteroatoms. The molecule has 0 saturated heterocycles. The Balaban J connectivity index is 1.67. The van der Waals surface area contributed by atoms with Gasteiger partial charge in [0.1, 0.15) is 24.2 Å². The summed E-state index contributed by atoms with van der Waals surface area (Å²) in [6.45, 7) is -0.549. The minimum Gasteiger partial charge on any atom is -0.497 e. The van der Waals surface area contributed by atoms with E-state index in [1.165, 1.54) is 12.1 Å². The molecule has 0 spiro atoms. The van der Waals surface area contributed by atoms with Crippen LogP contribution in [0.1, 0.15) is 23.3 Å². The minimum atomic E-state index is -4.70. The normalized spacial score (nSPS) is 12.7. The van der Waals surface area contributed by atoms with E-state index in [-0.39, 0.29) is 11.0 Å². The number of fused-ring (bicyclic) bond motifs is 1. The van der Waals surface area contributed by atoms with E-state index in [1.54, 1.807) is 67.5 Å². The van der Waals surface area contributed by atoms with Gasteiger partial charge in [-0.3, -0.25) is 4.79 Å². The smallest absolute Gasteiger partial charge is 0.449 e. The van der Waals surface area contributed by atoms with E-state index in [0.29, 0.717) is 17.1 Å². The molecule has 2 aromatic heterocycles. The van der Waals surface area contributed by atoms with E-state index < -0.39 is 30.5 Å². The van der Waals surface area contributed by atoms with Crippen LogP contribution >= 0.6 is 0 Å². The summed E-state index contributed by atoms with van der Waals surface area (Å²) in [6, 6.07) is 12.5. The quantitative estimate of drug-likeness (QED) is 0.493. The molecule has 2 heterocycles. The van der Waals surface area contributed by atoms with Crippen LogP contribution in [0.4, 0.5) is 13.2 Å². The molecule has 0 bridgehead atoms. The maximum Gasteiger partial charge on any atom is 0.449 e. The molecule has 7 nitrogen and oxygen atoms in total. The van der Waals surface area contributed by atoms with Crippen LogP contribution in [-0.2, 0) is 24.6 Å². The summed E-state index contributed by atoms with van der Waals surface area (Å²) in [4.78, 5) is 21.0. The number of methoxy groups -OCH3 is 1. The molecular formula is C22H20F3N5O2. The highest BCUT2D eigenvalue weighted by molar-refractivity contribution is 5.81. The Morgan fingerprint density at radius 3 is 2.50 bits per heavy atom. The lowest BCUT2D eigenvalue weighted by Crippen LogP contribution is -2.34. The fourth-order valence-electron chi connectivity index (χ4n) is 3.55. The summed E-state index contributed by atoms with van der Waals surface area (Å²) in [7, 11) is 3.32. The second-order valence-electron chi connectivity index (χ2n) is 7.18. The van der Waals surface area contributed by atoms with Crippen LogP contribution in [-0.4, -0.2) is 32.1 Å². The lowest BCUT2D eigenvalue weighted by atomic mass is 10.1. The highest BCUT2D eigenvalue weighted by atomic mass is 19.4. The van der Waals surface area contributed by atoms with E-state index in [4.69, 9.17) is 4.74 Å². The van der Waals surface area contributed by atoms with Gasteiger partial charge in [-0.25, -0.2) is 9.97 Å². The van der Waals surface area contributed by atoms with Crippen molar-refractivity contribution < 1.29 is 22.7 Å². The second kappa shape index (κ2) is 8.37. The number of imidazole rings is 2. The van der Waals surface area contributed by atoms with Crippen LogP contribution in [0, 0.1) is 0 Å². The van der Waals surface area contributed by atoms with E-state index in [2.05, 4.69) is 15.3 Å². The number of hydrogen-bond donors (Lipinski definition) is 1. The predicted molar refractivity (Wildman–Crippen MR) is 111 cm³/mol. The first-order valence-electron chi connectivity index (χ1n) is 9.71. The summed E-state index contributed by atoms with van der Waals surface area (Å²) in [5.41, 5.74) is 1.11. The molecule has 0 aliphatic heterocycles. The summed E-state index contributed by atoms with van der Waals surface area (Å²) in [6.07, 6.45) is -1.39. The molecule has 1 atom stereocenters. The molecule has 4 rings (SSSR count). The van der Waals surface area contributed by atoms with Gasteiger partial charge in [-0.15, -0.1) is 0 Å². The molecule has 2 aromatic carbocycles. The first-order chi connectivity index (χ1) is 15.3. The lowest BCUT2D eigenvalue weighted by molar-refractivity contribution is -0.147. The lowest BCUT2D eigenvalue weighted by Gasteiger charge is -2.20. The van der Waals surface area contributed by atoms with Crippen LogP contribution in [0.15, 0.2) is 60.9 Å². The van der Waals surface area contributed by atoms with Crippen molar-refractivity contribution in [2.75, 3.05) is 7.11 Å². The number of amides is 1. The molecule has 0 saturated carbocycles. The van der Waals surface area contributed by atoms with E-state index in [0.717, 1.165) is 4.57 Å². The molecule has 0 aliphatic rings. The van der Waals surface area contributed by atoms with Gasteiger partial charge in [-0.05, 0) is 29.8 Å². The number of hydrogen-bond acceptors (Lipinski definition) is 4. The molecule has 1 unspecified atom stereocenters. The van der Waals surface area contributed by atoms with Gasteiger partial charge < -0.3 is 19.2 Å². The number of nitrogens with zero attached hydrogens (tertiary/aromatic N) is 4. The number of halogens is 3. The standard InChI is InChI=1S/C22H20F3N5O2/c1-29-12-11-26-20(29)19(14-7-9-15(32-2)10-8-14)28-18(31)13-30-17-6-4-3-5-16(17)27-21(30)22(23,24)25/h3-12,19H,13H2,1-2H3,(H,28,31). The molecule has 32 heavy (non-hydrogen) atoms. The van der Waals surface area contributed by atoms with Gasteiger partial charge in [0.2, 0.25) is 11.7 Å². The van der Waals surface area contributed by atoms with Crippen molar-refractivity contribution in [2.45, 2.75) is 18.8 Å². The van der Waals surface area contributed by atoms with Gasteiger partial charge >= 0.3 is 6.18 Å². The number of ether oxygens (including phenoxy) is 1. The Labute approximate surface area is 181 Å². The van der Waals surface area contributed by atoms with Gasteiger partial charge in [-0.1, -0.05) is 24.3 Å². The van der Waals surface area contributed by atoms with E-state index >= 15 is 0 Å². The maximum absolute atomic E-state index is 13.6. The third kappa shape index (κ3) is 4.16. The third-order valence-electron chi connectivity index (χ3n) is 5.08. The summed E-state index contributed by atoms with van der Waals surface area (Å²) in [5, 5.41) is 2.82. The van der Waals surface area contributed by atoms with Gasteiger partial charge in [0.05, 0.1) is 18.1 Å². The van der Waals surface area contributed by atoms with Crippen molar-refractivity contribution in [1.82, 2.24) is 24.4 Å². The molecule has 1 amide bonds. The molecular weight excluding hydrogens is 423 g/mol. The van der Waals surface area contributed by atoms with Crippen molar-refractivity contribution in [2.24, 2.45) is 7.05 Å². The number of alkyl halides is 3. The largest absolute Gasteiger partial charge is 0.497 e. The number of aromatic nitrogens is 4. The number of nitrogens with one attached hydrogen (secondary N) is 1. The van der Waals surface area contributed by atoms with Crippen molar-refractivity contribution in [1.29, 1.82) is 0 Å². The van der Waals surface area contributed by atoms with E-state index in [1.807, 2.05) is 0 Å². The summed E-state index contributed by atoms with van der Waals surface area (Å²) < 4.78 is 48.5. The average Bonchev–Trinajstić information content (AvgIpc) is 3.36. The molecule has 166 valence electrons. The van der Waals surface area contributed by atoms with Gasteiger partial charge in [-0.2, -0.15) is 13.2 Å². The van der Waals surface area contributed by atoms with Crippen LogP contribution in [0.2, 0.25) is 0 Å². The first-order valence-corrected chi connectivity index (χ1v) is 9.71. The Bertz CT molecular complexity index is 1240. The number of aryl methyl sites for hydroxylation is 1. The van der Waals surface area contributed by atoms with Crippen LogP contribution in [0.25, 0.3) is 11.0 Å². The van der Waals surface area contributed by atoms with Crippen molar-refractivity contribution in [3.63, 3.8) is 0 Å². The van der Waals surface area contributed by atoms with Crippen LogP contribution < -0.4 is 10.1 Å². The van der Waals surface area contributed by atoms with Crippen molar-refractivity contribution >= 4 is 16.9 Å². The van der Waals surface area contributed by atoms with Gasteiger partial charge in [0.15, 0.2) is 0 Å². The summed E-state index contributed by atoms with van der Waals surface area (Å²) >= 11 is 0. The number of carbonyl (C=O) groups excluding carboxylic acids is 1. The predicted octanol–water partition coefficient (Wildman–Crippen LogP) is 3.70. The Kier molecular flexibility index (Phi) is 5.60. The molecule has 4 aromatic rings. The van der Waals surface area contributed by atoms with Crippen molar-refractivity contribution in [3.05, 3.63) is 78.1 Å².